The number of carbonyl (C=O) groups is 3. The topological polar surface area (TPSA) is 132 Å². The van der Waals surface area contributed by atoms with Gasteiger partial charge in [0.15, 0.2) is 17.2 Å². The molecular formula is C33H32O7. The molecule has 2 aromatic carbocycles. The van der Waals surface area contributed by atoms with Crippen molar-refractivity contribution in [1.29, 1.82) is 0 Å². The molecule has 3 aliphatic carbocycles. The second-order valence-electron chi connectivity index (χ2n) is 12.2. The normalized spacial score (nSPS) is 29.6. The Morgan fingerprint density at radius 3 is 2.23 bits per heavy atom. The average Bonchev–Trinajstić information content (AvgIpc) is 2.86. The highest BCUT2D eigenvalue weighted by atomic mass is 16.3. The summed E-state index contributed by atoms with van der Waals surface area (Å²) >= 11 is 0. The van der Waals surface area contributed by atoms with E-state index < -0.39 is 56.8 Å². The molecule has 0 spiro atoms. The molecule has 40 heavy (non-hydrogen) atoms. The molecule has 7 nitrogen and oxygen atoms in total. The number of benzene rings is 2. The predicted octanol–water partition coefficient (Wildman–Crippen LogP) is 4.99. The van der Waals surface area contributed by atoms with Gasteiger partial charge in [0, 0.05) is 27.9 Å². The Labute approximate surface area is 232 Å². The van der Waals surface area contributed by atoms with Crippen LogP contribution in [0.1, 0.15) is 62.5 Å². The Kier molecular flexibility index (Phi) is 5.95. The number of fused-ring (bicyclic) bond motifs is 3. The standard InChI is InChI=1S/C33H32O7/c1-7-18-8-10-19(11-9-18)20-12-13-22(35)24-21(20)14-31(5)15-32(6)25(16(2)3)27(36)23(17(4)34)29(38)33(32,40)30(39)26(31)28(24)37/h1,8-13,16,25,35-36,39-40H,14-15H2,2-6H3/t25?,31-,32-,33+/m1/s1. The van der Waals surface area contributed by atoms with Crippen LogP contribution in [0.4, 0.5) is 0 Å². The van der Waals surface area contributed by atoms with E-state index >= 15 is 0 Å². The first-order chi connectivity index (χ1) is 18.6. The number of carbonyl (C=O) groups excluding carboxylic acids is 3. The molecule has 4 atom stereocenters. The van der Waals surface area contributed by atoms with Gasteiger partial charge in [-0.15, -0.1) is 6.42 Å². The van der Waals surface area contributed by atoms with Gasteiger partial charge in [0.25, 0.3) is 0 Å². The molecule has 206 valence electrons. The van der Waals surface area contributed by atoms with Gasteiger partial charge in [0.1, 0.15) is 22.8 Å². The van der Waals surface area contributed by atoms with Crippen molar-refractivity contribution in [2.45, 2.75) is 53.1 Å². The van der Waals surface area contributed by atoms with Crippen LogP contribution in [0, 0.1) is 35.0 Å². The molecule has 4 N–H and O–H groups in total. The van der Waals surface area contributed by atoms with Crippen LogP contribution < -0.4 is 0 Å². The molecule has 0 saturated carbocycles. The lowest BCUT2D eigenvalue weighted by Crippen LogP contribution is -2.67. The molecule has 0 fully saturated rings. The van der Waals surface area contributed by atoms with E-state index in [9.17, 15) is 34.8 Å². The van der Waals surface area contributed by atoms with E-state index in [-0.39, 0.29) is 35.6 Å². The van der Waals surface area contributed by atoms with Crippen LogP contribution in [-0.2, 0) is 16.0 Å². The zero-order valence-electron chi connectivity index (χ0n) is 23.1. The monoisotopic (exact) mass is 540 g/mol. The van der Waals surface area contributed by atoms with Gasteiger partial charge in [0.2, 0.25) is 5.78 Å². The maximum absolute atomic E-state index is 14.1. The van der Waals surface area contributed by atoms with Gasteiger partial charge in [-0.2, -0.15) is 0 Å². The largest absolute Gasteiger partial charge is 0.511 e. The van der Waals surface area contributed by atoms with Gasteiger partial charge < -0.3 is 20.4 Å². The predicted molar refractivity (Wildman–Crippen MR) is 149 cm³/mol. The fraction of sp³-hybridized carbons (Fsp3) is 0.364. The number of aliphatic hydroxyl groups excluding tert-OH is 2. The highest BCUT2D eigenvalue weighted by Crippen LogP contribution is 2.65. The molecule has 5 rings (SSSR count). The van der Waals surface area contributed by atoms with Crippen molar-refractivity contribution in [3.63, 3.8) is 0 Å². The minimum Gasteiger partial charge on any atom is -0.511 e. The first-order valence-electron chi connectivity index (χ1n) is 13.3. The fourth-order valence-electron chi connectivity index (χ4n) is 7.75. The highest BCUT2D eigenvalue weighted by Gasteiger charge is 2.71. The second-order valence-corrected chi connectivity index (χ2v) is 12.2. The van der Waals surface area contributed by atoms with Gasteiger partial charge in [-0.3, -0.25) is 14.4 Å². The number of phenolic OH excluding ortho intramolecular Hbond substituents is 1. The molecule has 0 aromatic heterocycles. The van der Waals surface area contributed by atoms with Crippen LogP contribution in [0.5, 0.6) is 5.75 Å². The van der Waals surface area contributed by atoms with Crippen LogP contribution >= 0.6 is 0 Å². The van der Waals surface area contributed by atoms with Crippen LogP contribution in [0.15, 0.2) is 59.1 Å². The highest BCUT2D eigenvalue weighted by molar-refractivity contribution is 6.25. The number of hydrogen-bond acceptors (Lipinski definition) is 7. The zero-order chi connectivity index (χ0) is 29.5. The minimum atomic E-state index is -2.63. The molecule has 0 saturated heterocycles. The summed E-state index contributed by atoms with van der Waals surface area (Å²) in [6.45, 7) is 8.11. The number of Topliss-reactive ketones (excluding diaryl/α,β-unsaturated/α-hetero) is 3. The molecule has 0 aliphatic heterocycles. The van der Waals surface area contributed by atoms with Gasteiger partial charge in [0.05, 0.1) is 5.56 Å². The number of phenols is 1. The number of aromatic hydroxyl groups is 1. The SMILES string of the molecule is C#Cc1ccc(-c2ccc(O)c3c2C[C@]2(C)C[C@]4(C)C(C(C)C)C(O)=C(C(C)=O)C(=O)[C@]4(O)C(O)=C2C3=O)cc1. The lowest BCUT2D eigenvalue weighted by Gasteiger charge is -2.59. The summed E-state index contributed by atoms with van der Waals surface area (Å²) in [5.41, 5.74) is -3.20. The van der Waals surface area contributed by atoms with E-state index in [0.717, 1.165) is 12.5 Å². The lowest BCUT2D eigenvalue weighted by atomic mass is 9.44. The van der Waals surface area contributed by atoms with Crippen LogP contribution in [0.25, 0.3) is 11.1 Å². The minimum absolute atomic E-state index is 0.0152. The van der Waals surface area contributed by atoms with E-state index in [1.165, 1.54) is 6.07 Å². The summed E-state index contributed by atoms with van der Waals surface area (Å²) in [5.74, 6) is -2.73. The van der Waals surface area contributed by atoms with Crippen molar-refractivity contribution in [2.24, 2.45) is 22.7 Å². The van der Waals surface area contributed by atoms with Crippen LogP contribution in [-0.4, -0.2) is 43.4 Å². The van der Waals surface area contributed by atoms with E-state index in [4.69, 9.17) is 6.42 Å². The van der Waals surface area contributed by atoms with Crippen molar-refractivity contribution in [3.8, 4) is 29.2 Å². The number of hydrogen-bond donors (Lipinski definition) is 4. The zero-order valence-corrected chi connectivity index (χ0v) is 23.1. The Morgan fingerprint density at radius 2 is 1.68 bits per heavy atom. The third-order valence-electron chi connectivity index (χ3n) is 9.25. The Hall–Kier alpha value is -4.15. The van der Waals surface area contributed by atoms with E-state index in [1.54, 1.807) is 45.9 Å². The summed E-state index contributed by atoms with van der Waals surface area (Å²) in [5, 5.41) is 45.9. The molecule has 0 radical (unpaired) electrons. The van der Waals surface area contributed by atoms with Gasteiger partial charge in [-0.1, -0.05) is 51.8 Å². The fourth-order valence-corrected chi connectivity index (χ4v) is 7.75. The van der Waals surface area contributed by atoms with Crippen molar-refractivity contribution in [1.82, 2.24) is 0 Å². The third-order valence-corrected chi connectivity index (χ3v) is 9.25. The molecule has 0 amide bonds. The Morgan fingerprint density at radius 1 is 1.05 bits per heavy atom. The number of terminal acetylenes is 1. The molecule has 7 heteroatoms. The summed E-state index contributed by atoms with van der Waals surface area (Å²) in [6, 6.07) is 10.3. The van der Waals surface area contributed by atoms with E-state index in [2.05, 4.69) is 5.92 Å². The molecule has 0 heterocycles. The van der Waals surface area contributed by atoms with Crippen molar-refractivity contribution in [2.75, 3.05) is 0 Å². The van der Waals surface area contributed by atoms with E-state index in [0.29, 0.717) is 16.7 Å². The van der Waals surface area contributed by atoms with E-state index in [1.807, 2.05) is 12.1 Å². The Bertz CT molecular complexity index is 1620. The summed E-state index contributed by atoms with van der Waals surface area (Å²) in [7, 11) is 0. The third kappa shape index (κ3) is 3.32. The number of ketones is 3. The van der Waals surface area contributed by atoms with Gasteiger partial charge in [-0.05, 0) is 60.6 Å². The van der Waals surface area contributed by atoms with Crippen molar-refractivity contribution >= 4 is 17.3 Å². The molecule has 0 bridgehead atoms. The summed E-state index contributed by atoms with van der Waals surface area (Å²) < 4.78 is 0. The summed E-state index contributed by atoms with van der Waals surface area (Å²) in [4.78, 5) is 40.4. The molecule has 2 aromatic rings. The van der Waals surface area contributed by atoms with Crippen molar-refractivity contribution < 1.29 is 34.8 Å². The molecule has 1 unspecified atom stereocenters. The first-order valence-corrected chi connectivity index (χ1v) is 13.3. The lowest BCUT2D eigenvalue weighted by molar-refractivity contribution is -0.171. The number of rotatable bonds is 3. The number of allylic oxidation sites excluding steroid dienone is 2. The second kappa shape index (κ2) is 8.67. The smallest absolute Gasteiger partial charge is 0.209 e. The van der Waals surface area contributed by atoms with Crippen molar-refractivity contribution in [3.05, 3.63) is 75.8 Å². The Balaban J connectivity index is 1.80. The van der Waals surface area contributed by atoms with Gasteiger partial charge >= 0.3 is 0 Å². The van der Waals surface area contributed by atoms with Gasteiger partial charge in [-0.25, -0.2) is 0 Å². The summed E-state index contributed by atoms with van der Waals surface area (Å²) in [6.07, 6.45) is 5.74. The average molecular weight is 541 g/mol. The van der Waals surface area contributed by atoms with Crippen LogP contribution in [0.2, 0.25) is 0 Å². The first kappa shape index (κ1) is 27.4. The quantitative estimate of drug-likeness (QED) is 0.318. The number of aliphatic hydroxyl groups is 3. The molecule has 3 aliphatic rings. The van der Waals surface area contributed by atoms with Crippen LogP contribution in [0.3, 0.4) is 0 Å². The molecular weight excluding hydrogens is 508 g/mol. The maximum atomic E-state index is 14.1. The maximum Gasteiger partial charge on any atom is 0.209 e.